The van der Waals surface area contributed by atoms with Gasteiger partial charge in [0.15, 0.2) is 0 Å². The van der Waals surface area contributed by atoms with Crippen LogP contribution in [0, 0.1) is 6.92 Å². The van der Waals surface area contributed by atoms with Crippen molar-refractivity contribution >= 4 is 5.97 Å². The first-order valence-corrected chi connectivity index (χ1v) is 3.60. The van der Waals surface area contributed by atoms with E-state index in [4.69, 9.17) is 0 Å². The number of hydrogen-bond acceptors (Lipinski definition) is 4. The number of ether oxygens (including phenoxy) is 1. The molecule has 0 saturated carbocycles. The van der Waals surface area contributed by atoms with Crippen molar-refractivity contribution in [2.45, 2.75) is 19.9 Å². The Kier molecular flexibility index (Phi) is 2.42. The van der Waals surface area contributed by atoms with Crippen molar-refractivity contribution in [3.05, 3.63) is 12.2 Å². The van der Waals surface area contributed by atoms with Crippen LogP contribution in [0.4, 0.5) is 0 Å². The van der Waals surface area contributed by atoms with Gasteiger partial charge in [-0.25, -0.2) is 14.5 Å². The van der Waals surface area contributed by atoms with Gasteiger partial charge in [-0.3, -0.25) is 0 Å². The maximum atomic E-state index is 11.0. The summed E-state index contributed by atoms with van der Waals surface area (Å²) in [4.78, 5) is 14.9. The molecule has 12 heavy (non-hydrogen) atoms. The molecule has 1 atom stereocenters. The van der Waals surface area contributed by atoms with Crippen molar-refractivity contribution in [3.8, 4) is 0 Å². The first-order valence-electron chi connectivity index (χ1n) is 3.60. The third-order valence-electron chi connectivity index (χ3n) is 1.56. The Bertz CT molecular complexity index is 282. The molecule has 0 amide bonds. The zero-order chi connectivity index (χ0) is 9.14. The first kappa shape index (κ1) is 8.70. The summed E-state index contributed by atoms with van der Waals surface area (Å²) in [5, 5.41) is 3.98. The second-order valence-electron chi connectivity index (χ2n) is 2.47. The fourth-order valence-electron chi connectivity index (χ4n) is 0.827. The molecule has 0 aliphatic heterocycles. The van der Waals surface area contributed by atoms with Crippen LogP contribution in [0.1, 0.15) is 18.8 Å². The maximum absolute atomic E-state index is 11.0. The number of nitrogens with zero attached hydrogens (tertiary/aromatic N) is 3. The standard InChI is InChI=1S/C7H11N3O2/c1-5(7(11)12-3)10-4-8-6(2)9-10/h4-5H,1-3H3/t5-/m0/s1. The van der Waals surface area contributed by atoms with Crippen molar-refractivity contribution in [1.82, 2.24) is 14.8 Å². The minimum Gasteiger partial charge on any atom is -0.467 e. The average molecular weight is 169 g/mol. The molecule has 1 aromatic rings. The molecular weight excluding hydrogens is 158 g/mol. The predicted molar refractivity (Wildman–Crippen MR) is 41.5 cm³/mol. The fourth-order valence-corrected chi connectivity index (χ4v) is 0.827. The highest BCUT2D eigenvalue weighted by atomic mass is 16.5. The second-order valence-corrected chi connectivity index (χ2v) is 2.47. The molecule has 0 unspecified atom stereocenters. The zero-order valence-electron chi connectivity index (χ0n) is 7.31. The quantitative estimate of drug-likeness (QED) is 0.598. The van der Waals surface area contributed by atoms with Crippen molar-refractivity contribution in [2.75, 3.05) is 7.11 Å². The number of aryl methyl sites for hydroxylation is 1. The van der Waals surface area contributed by atoms with Crippen LogP contribution in [0.25, 0.3) is 0 Å². The van der Waals surface area contributed by atoms with Crippen LogP contribution in [0.15, 0.2) is 6.33 Å². The smallest absolute Gasteiger partial charge is 0.330 e. The normalized spacial score (nSPS) is 12.6. The van der Waals surface area contributed by atoms with Gasteiger partial charge in [-0.2, -0.15) is 5.10 Å². The molecule has 0 aliphatic carbocycles. The van der Waals surface area contributed by atoms with E-state index in [-0.39, 0.29) is 5.97 Å². The molecule has 1 heterocycles. The molecule has 66 valence electrons. The summed E-state index contributed by atoms with van der Waals surface area (Å²) >= 11 is 0. The Hall–Kier alpha value is -1.39. The molecule has 5 nitrogen and oxygen atoms in total. The number of aromatic nitrogens is 3. The minimum absolute atomic E-state index is 0.320. The Balaban J connectivity index is 2.77. The lowest BCUT2D eigenvalue weighted by Gasteiger charge is -2.07. The fraction of sp³-hybridized carbons (Fsp3) is 0.571. The van der Waals surface area contributed by atoms with Crippen LogP contribution in [0.2, 0.25) is 0 Å². The summed E-state index contributed by atoms with van der Waals surface area (Å²) in [6.45, 7) is 3.47. The summed E-state index contributed by atoms with van der Waals surface area (Å²) in [5.41, 5.74) is 0. The Morgan fingerprint density at radius 1 is 1.75 bits per heavy atom. The van der Waals surface area contributed by atoms with Crippen LogP contribution in [-0.4, -0.2) is 27.8 Å². The van der Waals surface area contributed by atoms with Gasteiger partial charge in [-0.05, 0) is 13.8 Å². The molecule has 0 radical (unpaired) electrons. The van der Waals surface area contributed by atoms with Crippen molar-refractivity contribution in [3.63, 3.8) is 0 Å². The Morgan fingerprint density at radius 3 is 2.83 bits per heavy atom. The first-order chi connectivity index (χ1) is 5.65. The van der Waals surface area contributed by atoms with E-state index >= 15 is 0 Å². The van der Waals surface area contributed by atoms with Gasteiger partial charge in [0.05, 0.1) is 7.11 Å². The van der Waals surface area contributed by atoms with Gasteiger partial charge in [-0.15, -0.1) is 0 Å². The van der Waals surface area contributed by atoms with E-state index in [9.17, 15) is 4.79 Å². The Labute approximate surface area is 70.4 Å². The third-order valence-corrected chi connectivity index (χ3v) is 1.56. The number of carbonyl (C=O) groups is 1. The lowest BCUT2D eigenvalue weighted by molar-refractivity contribution is -0.144. The van der Waals surface area contributed by atoms with Gasteiger partial charge >= 0.3 is 5.97 Å². The minimum atomic E-state index is -0.406. The van der Waals surface area contributed by atoms with Crippen molar-refractivity contribution in [2.24, 2.45) is 0 Å². The summed E-state index contributed by atoms with van der Waals surface area (Å²) in [6, 6.07) is -0.406. The molecule has 1 rings (SSSR count). The maximum Gasteiger partial charge on any atom is 0.330 e. The number of methoxy groups -OCH3 is 1. The van der Waals surface area contributed by atoms with Gasteiger partial charge in [0.2, 0.25) is 0 Å². The summed E-state index contributed by atoms with van der Waals surface area (Å²) in [5.74, 6) is 0.325. The molecule has 0 bridgehead atoms. The van der Waals surface area contributed by atoms with Gasteiger partial charge in [0, 0.05) is 0 Å². The van der Waals surface area contributed by atoms with Gasteiger partial charge in [0.25, 0.3) is 0 Å². The highest BCUT2D eigenvalue weighted by Crippen LogP contribution is 2.04. The summed E-state index contributed by atoms with van der Waals surface area (Å²) in [7, 11) is 1.35. The molecule has 5 heteroatoms. The van der Waals surface area contributed by atoms with E-state index in [1.54, 1.807) is 13.8 Å². The molecule has 0 fully saturated rings. The molecule has 0 N–H and O–H groups in total. The molecule has 0 spiro atoms. The largest absolute Gasteiger partial charge is 0.467 e. The number of rotatable bonds is 2. The van der Waals surface area contributed by atoms with Crippen LogP contribution < -0.4 is 0 Å². The van der Waals surface area contributed by atoms with Crippen LogP contribution in [-0.2, 0) is 9.53 Å². The number of carbonyl (C=O) groups excluding carboxylic acids is 1. The summed E-state index contributed by atoms with van der Waals surface area (Å²) in [6.07, 6.45) is 1.51. The van der Waals surface area contributed by atoms with E-state index in [1.165, 1.54) is 18.1 Å². The molecule has 1 aromatic heterocycles. The van der Waals surface area contributed by atoms with E-state index in [0.29, 0.717) is 5.82 Å². The van der Waals surface area contributed by atoms with Crippen LogP contribution >= 0.6 is 0 Å². The van der Waals surface area contributed by atoms with Gasteiger partial charge in [0.1, 0.15) is 18.2 Å². The predicted octanol–water partition coefficient (Wildman–Crippen LogP) is 0.321. The van der Waals surface area contributed by atoms with Crippen LogP contribution in [0.3, 0.4) is 0 Å². The van der Waals surface area contributed by atoms with E-state index in [1.807, 2.05) is 0 Å². The van der Waals surface area contributed by atoms with E-state index in [2.05, 4.69) is 14.8 Å². The summed E-state index contributed by atoms with van der Waals surface area (Å²) < 4.78 is 6.02. The van der Waals surface area contributed by atoms with E-state index < -0.39 is 6.04 Å². The highest BCUT2D eigenvalue weighted by Gasteiger charge is 2.15. The van der Waals surface area contributed by atoms with E-state index in [0.717, 1.165) is 0 Å². The number of hydrogen-bond donors (Lipinski definition) is 0. The van der Waals surface area contributed by atoms with Crippen LogP contribution in [0.5, 0.6) is 0 Å². The van der Waals surface area contributed by atoms with Crippen molar-refractivity contribution < 1.29 is 9.53 Å². The SMILES string of the molecule is COC(=O)[C@H](C)n1cnc(C)n1. The van der Waals surface area contributed by atoms with Crippen molar-refractivity contribution in [1.29, 1.82) is 0 Å². The Morgan fingerprint density at radius 2 is 2.42 bits per heavy atom. The monoisotopic (exact) mass is 169 g/mol. The topological polar surface area (TPSA) is 57.0 Å². The molecular formula is C7H11N3O2. The second kappa shape index (κ2) is 3.34. The lowest BCUT2D eigenvalue weighted by Crippen LogP contribution is -2.18. The molecule has 0 aromatic carbocycles. The van der Waals surface area contributed by atoms with Gasteiger partial charge in [-0.1, -0.05) is 0 Å². The van der Waals surface area contributed by atoms with Gasteiger partial charge < -0.3 is 4.74 Å². The highest BCUT2D eigenvalue weighted by molar-refractivity contribution is 5.73. The lowest BCUT2D eigenvalue weighted by atomic mass is 10.4. The third kappa shape index (κ3) is 1.61. The molecule has 0 saturated heterocycles. The average Bonchev–Trinajstić information content (AvgIpc) is 2.49. The number of esters is 1. The molecule has 0 aliphatic rings. The zero-order valence-corrected chi connectivity index (χ0v) is 7.31.